The van der Waals surface area contributed by atoms with Gasteiger partial charge in [-0.1, -0.05) is 0 Å². The molecule has 170 valence electrons. The number of hydrogen-bond acceptors (Lipinski definition) is 8. The van der Waals surface area contributed by atoms with Crippen LogP contribution >= 0.6 is 0 Å². The van der Waals surface area contributed by atoms with Gasteiger partial charge in [-0.25, -0.2) is 9.78 Å². The lowest BCUT2D eigenvalue weighted by atomic mass is 10.0. The molecule has 2 amide bonds. The summed E-state index contributed by atoms with van der Waals surface area (Å²) in [6, 6.07) is 2.87. The van der Waals surface area contributed by atoms with E-state index in [1.165, 1.54) is 13.1 Å². The molecule has 2 rings (SSSR count). The smallest absolute Gasteiger partial charge is 0.419 e. The number of aryl methyl sites for hydroxylation is 1. The van der Waals surface area contributed by atoms with E-state index in [4.69, 9.17) is 10.00 Å². The summed E-state index contributed by atoms with van der Waals surface area (Å²) in [5.41, 5.74) is -5.70. The number of alkyl halides is 3. The Hall–Kier alpha value is -3.99. The van der Waals surface area contributed by atoms with E-state index in [1.54, 1.807) is 6.92 Å². The number of nitrogens with zero attached hydrogens (tertiary/aromatic N) is 4. The predicted molar refractivity (Wildman–Crippen MR) is 101 cm³/mol. The Labute approximate surface area is 178 Å². The van der Waals surface area contributed by atoms with Gasteiger partial charge in [-0.05, 0) is 19.9 Å². The second-order valence-corrected chi connectivity index (χ2v) is 6.47. The molecule has 3 N–H and O–H groups in total. The number of hydrogen-bond donors (Lipinski definition) is 3. The molecule has 0 saturated heterocycles. The minimum Gasteiger partial charge on any atom is -0.461 e. The van der Waals surface area contributed by atoms with E-state index in [2.05, 4.69) is 15.4 Å². The van der Waals surface area contributed by atoms with Crippen molar-refractivity contribution in [3.8, 4) is 6.07 Å². The average Bonchev–Trinajstić information content (AvgIpc) is 3.07. The van der Waals surface area contributed by atoms with Gasteiger partial charge in [0, 0.05) is 13.1 Å². The maximum absolute atomic E-state index is 13.0. The molecule has 0 radical (unpaired) electrons. The number of aromatic nitrogens is 3. The molecule has 0 aromatic carbocycles. The largest absolute Gasteiger partial charge is 0.461 e. The second kappa shape index (κ2) is 9.02. The van der Waals surface area contributed by atoms with Crippen LogP contribution in [0.15, 0.2) is 18.3 Å². The first kappa shape index (κ1) is 24.3. The third-order valence-electron chi connectivity index (χ3n) is 4.05. The van der Waals surface area contributed by atoms with Crippen molar-refractivity contribution in [2.24, 2.45) is 7.05 Å². The number of aliphatic hydroxyl groups is 1. The van der Waals surface area contributed by atoms with Crippen LogP contribution in [0.25, 0.3) is 0 Å². The van der Waals surface area contributed by atoms with Crippen LogP contribution in [0.1, 0.15) is 35.6 Å². The van der Waals surface area contributed by atoms with Gasteiger partial charge < -0.3 is 20.5 Å². The summed E-state index contributed by atoms with van der Waals surface area (Å²) in [5, 5.41) is 27.1. The Morgan fingerprint density at radius 3 is 2.44 bits per heavy atom. The Morgan fingerprint density at radius 2 is 1.88 bits per heavy atom. The fourth-order valence-electron chi connectivity index (χ4n) is 2.32. The van der Waals surface area contributed by atoms with Gasteiger partial charge in [-0.15, -0.1) is 0 Å². The number of carbonyl (C=O) groups excluding carboxylic acids is 3. The van der Waals surface area contributed by atoms with Gasteiger partial charge in [0.15, 0.2) is 11.4 Å². The summed E-state index contributed by atoms with van der Waals surface area (Å²) in [6.45, 7) is 2.48. The van der Waals surface area contributed by atoms with Crippen molar-refractivity contribution in [3.63, 3.8) is 0 Å². The van der Waals surface area contributed by atoms with Gasteiger partial charge in [0.1, 0.15) is 11.9 Å². The van der Waals surface area contributed by atoms with Gasteiger partial charge in [0.25, 0.3) is 11.8 Å². The number of ether oxygens (including phenoxy) is 1. The first-order valence-electron chi connectivity index (χ1n) is 8.85. The van der Waals surface area contributed by atoms with Crippen molar-refractivity contribution in [3.05, 3.63) is 35.3 Å². The third kappa shape index (κ3) is 5.19. The standard InChI is InChI=1S/C18H17F3N6O5/c1-4-32-14(28)11-6-13(27(3)26-11)25-16(30)17(2,31)15(29)24-9-5-10(18(19,20)21)12(7-22)23-8-9/h5-6,8,31H,4H2,1-3H3,(H,24,29)(H,25,30). The number of rotatable bonds is 6. The minimum atomic E-state index is -4.92. The lowest BCUT2D eigenvalue weighted by molar-refractivity contribution is -0.145. The lowest BCUT2D eigenvalue weighted by Gasteiger charge is -2.21. The van der Waals surface area contributed by atoms with Crippen LogP contribution < -0.4 is 10.6 Å². The van der Waals surface area contributed by atoms with Crippen molar-refractivity contribution in [2.45, 2.75) is 25.6 Å². The van der Waals surface area contributed by atoms with Crippen LogP contribution in [0, 0.1) is 11.3 Å². The Morgan fingerprint density at radius 1 is 1.25 bits per heavy atom. The highest BCUT2D eigenvalue weighted by molar-refractivity contribution is 6.16. The molecule has 2 aromatic rings. The van der Waals surface area contributed by atoms with Gasteiger partial charge in [0.2, 0.25) is 5.60 Å². The summed E-state index contributed by atoms with van der Waals surface area (Å²) >= 11 is 0. The van der Waals surface area contributed by atoms with E-state index in [0.717, 1.165) is 23.9 Å². The zero-order valence-electron chi connectivity index (χ0n) is 16.9. The molecular weight excluding hydrogens is 437 g/mol. The molecule has 0 bridgehead atoms. The number of nitrogens with one attached hydrogen (secondary N) is 2. The van der Waals surface area contributed by atoms with Crippen LogP contribution in [-0.2, 0) is 27.5 Å². The number of nitriles is 1. The molecule has 32 heavy (non-hydrogen) atoms. The van der Waals surface area contributed by atoms with E-state index in [0.29, 0.717) is 6.07 Å². The molecule has 1 atom stereocenters. The molecule has 11 nitrogen and oxygen atoms in total. The molecule has 0 fully saturated rings. The predicted octanol–water partition coefficient (Wildman–Crippen LogP) is 1.21. The van der Waals surface area contributed by atoms with E-state index in [9.17, 15) is 32.7 Å². The fraction of sp³-hybridized carbons (Fsp3) is 0.333. The average molecular weight is 454 g/mol. The van der Waals surface area contributed by atoms with Gasteiger partial charge in [-0.2, -0.15) is 23.5 Å². The highest BCUT2D eigenvalue weighted by atomic mass is 19.4. The van der Waals surface area contributed by atoms with Crippen molar-refractivity contribution in [1.82, 2.24) is 14.8 Å². The quantitative estimate of drug-likeness (QED) is 0.434. The van der Waals surface area contributed by atoms with Crippen molar-refractivity contribution in [2.75, 3.05) is 17.2 Å². The van der Waals surface area contributed by atoms with E-state index >= 15 is 0 Å². The minimum absolute atomic E-state index is 0.0643. The highest BCUT2D eigenvalue weighted by Crippen LogP contribution is 2.32. The van der Waals surface area contributed by atoms with Crippen LogP contribution in [0.5, 0.6) is 0 Å². The van der Waals surface area contributed by atoms with Gasteiger partial charge >= 0.3 is 12.1 Å². The molecule has 14 heteroatoms. The van der Waals surface area contributed by atoms with Crippen LogP contribution in [0.4, 0.5) is 24.7 Å². The normalized spacial score (nSPS) is 12.9. The highest BCUT2D eigenvalue weighted by Gasteiger charge is 2.40. The Kier molecular flexibility index (Phi) is 6.84. The van der Waals surface area contributed by atoms with Gasteiger partial charge in [0.05, 0.1) is 24.1 Å². The first-order valence-corrected chi connectivity index (χ1v) is 8.85. The summed E-state index contributed by atoms with van der Waals surface area (Å²) in [7, 11) is 1.37. The maximum atomic E-state index is 13.0. The zero-order valence-corrected chi connectivity index (χ0v) is 16.9. The topological polar surface area (TPSA) is 159 Å². The SMILES string of the molecule is CCOC(=O)c1cc(NC(=O)C(C)(O)C(=O)Nc2cnc(C#N)c(C(F)(F)F)c2)n(C)n1. The molecule has 0 aliphatic heterocycles. The number of pyridine rings is 1. The lowest BCUT2D eigenvalue weighted by Crippen LogP contribution is -2.50. The summed E-state index contributed by atoms with van der Waals surface area (Å²) < 4.78 is 45.0. The van der Waals surface area contributed by atoms with Crippen molar-refractivity contribution >= 4 is 29.3 Å². The molecule has 0 spiro atoms. The number of amides is 2. The third-order valence-corrected chi connectivity index (χ3v) is 4.05. The number of carbonyl (C=O) groups is 3. The molecule has 1 unspecified atom stereocenters. The van der Waals surface area contributed by atoms with E-state index in [1.807, 2.05) is 5.32 Å². The first-order chi connectivity index (χ1) is 14.8. The van der Waals surface area contributed by atoms with Crippen molar-refractivity contribution in [1.29, 1.82) is 5.26 Å². The molecular formula is C18H17F3N6O5. The second-order valence-electron chi connectivity index (χ2n) is 6.47. The van der Waals surface area contributed by atoms with E-state index < -0.39 is 46.5 Å². The zero-order chi connectivity index (χ0) is 24.3. The number of halogens is 3. The summed E-state index contributed by atoms with van der Waals surface area (Å²) in [5.74, 6) is -3.46. The van der Waals surface area contributed by atoms with Crippen molar-refractivity contribution < 1.29 is 37.4 Å². The molecule has 0 saturated carbocycles. The van der Waals surface area contributed by atoms with Crippen LogP contribution in [-0.4, -0.2) is 49.9 Å². The monoisotopic (exact) mass is 454 g/mol. The fourth-order valence-corrected chi connectivity index (χ4v) is 2.32. The maximum Gasteiger partial charge on any atom is 0.419 e. The Balaban J connectivity index is 2.20. The van der Waals surface area contributed by atoms with Gasteiger partial charge in [-0.3, -0.25) is 14.3 Å². The van der Waals surface area contributed by atoms with Crippen LogP contribution in [0.2, 0.25) is 0 Å². The Bertz CT molecular complexity index is 1100. The molecule has 0 aliphatic carbocycles. The number of esters is 1. The van der Waals surface area contributed by atoms with E-state index in [-0.39, 0.29) is 18.1 Å². The van der Waals surface area contributed by atoms with Crippen LogP contribution in [0.3, 0.4) is 0 Å². The molecule has 2 heterocycles. The summed E-state index contributed by atoms with van der Waals surface area (Å²) in [6.07, 6.45) is -4.15. The summed E-state index contributed by atoms with van der Waals surface area (Å²) in [4.78, 5) is 39.8. The number of anilines is 2. The molecule has 2 aromatic heterocycles. The molecule has 0 aliphatic rings.